The number of aromatic nitrogens is 1. The predicted octanol–water partition coefficient (Wildman–Crippen LogP) is 9.40. The smallest absolute Gasteiger partial charge is 0.306 e. The van der Waals surface area contributed by atoms with Crippen molar-refractivity contribution in [3.05, 3.63) is 41.2 Å². The lowest BCUT2D eigenvalue weighted by Gasteiger charge is -2.69. The van der Waals surface area contributed by atoms with Crippen molar-refractivity contribution in [3.8, 4) is 0 Å². The second-order valence-electron chi connectivity index (χ2n) is 21.8. The lowest BCUT2D eigenvalue weighted by molar-refractivity contribution is -0.193. The molecule has 7 rings (SSSR count). The highest BCUT2D eigenvalue weighted by molar-refractivity contribution is 6.00. The van der Waals surface area contributed by atoms with Crippen molar-refractivity contribution in [1.82, 2.24) is 15.6 Å². The summed E-state index contributed by atoms with van der Waals surface area (Å²) in [7, 11) is 0. The molecule has 0 saturated heterocycles. The Labute approximate surface area is 344 Å². The number of rotatable bonds is 12. The first-order chi connectivity index (χ1) is 26.7. The van der Waals surface area contributed by atoms with Crippen LogP contribution >= 0.6 is 0 Å². The summed E-state index contributed by atoms with van der Waals surface area (Å²) in [6.45, 7) is 24.2. The topological polar surface area (TPSA) is 125 Å². The Morgan fingerprint density at radius 2 is 1.70 bits per heavy atom. The number of aryl methyl sites for hydroxylation is 1. The number of carboxylic acids is 1. The lowest BCUT2D eigenvalue weighted by Crippen LogP contribution is -2.62. The molecular formula is C49H75N3O5. The molecule has 11 unspecified atom stereocenters. The molecule has 316 valence electrons. The molecule has 1 amide bonds. The van der Waals surface area contributed by atoms with E-state index in [1.165, 1.54) is 38.5 Å². The molecule has 1 aromatic heterocycles. The summed E-state index contributed by atoms with van der Waals surface area (Å²) in [4.78, 5) is 54.1. The van der Waals surface area contributed by atoms with E-state index in [9.17, 15) is 24.3 Å². The van der Waals surface area contributed by atoms with Crippen molar-refractivity contribution in [1.29, 1.82) is 0 Å². The van der Waals surface area contributed by atoms with Crippen LogP contribution in [0.25, 0.3) is 0 Å². The number of carboxylic acid groups (broad SMARTS) is 1. The number of fused-ring (bicyclic) bond motifs is 7. The van der Waals surface area contributed by atoms with Gasteiger partial charge in [0.05, 0.1) is 5.92 Å². The number of pyridine rings is 1. The Kier molecular flexibility index (Phi) is 12.5. The van der Waals surface area contributed by atoms with Gasteiger partial charge in [0.15, 0.2) is 5.78 Å². The number of nitrogens with zero attached hydrogens (tertiary/aromatic N) is 1. The number of Topliss-reactive ketones (excluding diaryl/α,β-unsaturated/α-hetero) is 2. The zero-order valence-corrected chi connectivity index (χ0v) is 37.0. The summed E-state index contributed by atoms with van der Waals surface area (Å²) >= 11 is 0. The molecule has 0 spiro atoms. The number of carbonyl (C=O) groups is 4. The van der Waals surface area contributed by atoms with Crippen molar-refractivity contribution in [3.63, 3.8) is 0 Å². The summed E-state index contributed by atoms with van der Waals surface area (Å²) in [6.07, 6.45) is 14.8. The van der Waals surface area contributed by atoms with Gasteiger partial charge in [-0.15, -0.1) is 0 Å². The van der Waals surface area contributed by atoms with Gasteiger partial charge < -0.3 is 15.7 Å². The summed E-state index contributed by atoms with van der Waals surface area (Å²) < 4.78 is 0. The van der Waals surface area contributed by atoms with Gasteiger partial charge in [0.1, 0.15) is 5.78 Å². The first-order valence-corrected chi connectivity index (χ1v) is 22.6. The highest BCUT2D eigenvalue weighted by atomic mass is 16.4. The number of amides is 1. The molecule has 57 heavy (non-hydrogen) atoms. The van der Waals surface area contributed by atoms with Crippen molar-refractivity contribution in [2.24, 2.45) is 74.9 Å². The van der Waals surface area contributed by atoms with E-state index in [0.717, 1.165) is 43.5 Å². The van der Waals surface area contributed by atoms with Gasteiger partial charge in [-0.1, -0.05) is 60.1 Å². The van der Waals surface area contributed by atoms with Gasteiger partial charge in [-0.2, -0.15) is 0 Å². The maximum absolute atomic E-state index is 13.9. The largest absolute Gasteiger partial charge is 0.481 e. The van der Waals surface area contributed by atoms with E-state index >= 15 is 0 Å². The third-order valence-corrected chi connectivity index (χ3v) is 17.5. The molecule has 5 fully saturated rings. The van der Waals surface area contributed by atoms with Gasteiger partial charge in [-0.05, 0) is 167 Å². The first kappa shape index (κ1) is 43.7. The van der Waals surface area contributed by atoms with Crippen molar-refractivity contribution in [2.45, 2.75) is 152 Å². The minimum absolute atomic E-state index is 0.0353. The van der Waals surface area contributed by atoms with Gasteiger partial charge in [0, 0.05) is 48.1 Å². The SMILES string of the molecule is CC(C)C1=C2C3CCC4C(C)(CCC5C(C)(C)C(CC(=O)C6CC(C(=O)O)C6C)CCC54C)C3CCC2(CCNCC(C)(C)NC=O)CC1=O.Cc1ccccn1. The van der Waals surface area contributed by atoms with E-state index < -0.39 is 5.97 Å². The van der Waals surface area contributed by atoms with E-state index in [4.69, 9.17) is 0 Å². The minimum atomic E-state index is -0.753. The van der Waals surface area contributed by atoms with Crippen LogP contribution in [0.2, 0.25) is 0 Å². The number of hydrogen-bond acceptors (Lipinski definition) is 6. The zero-order chi connectivity index (χ0) is 41.7. The minimum Gasteiger partial charge on any atom is -0.481 e. The van der Waals surface area contributed by atoms with Gasteiger partial charge >= 0.3 is 5.97 Å². The molecule has 5 saturated carbocycles. The Hall–Kier alpha value is -2.87. The zero-order valence-electron chi connectivity index (χ0n) is 37.0. The van der Waals surface area contributed by atoms with Crippen molar-refractivity contribution < 1.29 is 24.3 Å². The Bertz CT molecular complexity index is 1700. The quantitative estimate of drug-likeness (QED) is 0.142. The van der Waals surface area contributed by atoms with Crippen LogP contribution in [-0.4, -0.2) is 52.7 Å². The number of ketones is 2. The van der Waals surface area contributed by atoms with Crippen LogP contribution in [0.3, 0.4) is 0 Å². The maximum atomic E-state index is 13.9. The molecule has 6 aliphatic rings. The molecule has 8 nitrogen and oxygen atoms in total. The maximum Gasteiger partial charge on any atom is 0.306 e. The number of hydrogen-bond donors (Lipinski definition) is 3. The normalized spacial score (nSPS) is 38.1. The summed E-state index contributed by atoms with van der Waals surface area (Å²) in [6, 6.07) is 5.86. The number of nitrogens with one attached hydrogen (secondary N) is 2. The van der Waals surface area contributed by atoms with Gasteiger partial charge in [0.2, 0.25) is 6.41 Å². The van der Waals surface area contributed by atoms with Crippen LogP contribution < -0.4 is 10.6 Å². The van der Waals surface area contributed by atoms with Gasteiger partial charge in [0.25, 0.3) is 0 Å². The fraction of sp³-hybridized carbons (Fsp3) is 0.776. The molecule has 0 bridgehead atoms. The molecule has 1 aromatic rings. The molecule has 6 aliphatic carbocycles. The summed E-state index contributed by atoms with van der Waals surface area (Å²) in [5, 5.41) is 16.0. The fourth-order valence-corrected chi connectivity index (χ4v) is 14.5. The predicted molar refractivity (Wildman–Crippen MR) is 226 cm³/mol. The summed E-state index contributed by atoms with van der Waals surface area (Å²) in [5.41, 5.74) is 3.98. The standard InChI is InChI=1S/C43H68N2O5.C6H7N/c1-25(2)36-33(48)22-43(18-19-44-23-39(4,5)45-24-46)17-13-31-28(37(36)43)10-11-35-41(31,8)16-14-34-40(6,7)27(12-15-42(34,35)9)20-32(47)29-21-30(26(29)3)38(49)50;1-6-4-2-3-5-7-6/h24-31,34-35,44H,10-23H2,1-9H3,(H,45,46)(H,49,50);2-5H,1H3. The van der Waals surface area contributed by atoms with Gasteiger partial charge in [-0.3, -0.25) is 24.2 Å². The van der Waals surface area contributed by atoms with E-state index in [-0.39, 0.29) is 50.9 Å². The average molecular weight is 786 g/mol. The number of carbonyl (C=O) groups excluding carboxylic acids is 3. The lowest BCUT2D eigenvalue weighted by atomic mass is 9.35. The van der Waals surface area contributed by atoms with Crippen LogP contribution in [0.4, 0.5) is 0 Å². The highest BCUT2D eigenvalue weighted by Gasteiger charge is 2.66. The third kappa shape index (κ3) is 7.96. The molecule has 8 heteroatoms. The fourth-order valence-electron chi connectivity index (χ4n) is 14.5. The van der Waals surface area contributed by atoms with Gasteiger partial charge in [-0.25, -0.2) is 0 Å². The van der Waals surface area contributed by atoms with E-state index in [0.29, 0.717) is 67.0 Å². The molecule has 0 aromatic carbocycles. The van der Waals surface area contributed by atoms with Crippen molar-refractivity contribution >= 4 is 23.9 Å². The van der Waals surface area contributed by atoms with E-state index in [2.05, 4.69) is 57.2 Å². The second kappa shape index (κ2) is 16.3. The Morgan fingerprint density at radius 3 is 2.30 bits per heavy atom. The van der Waals surface area contributed by atoms with Crippen LogP contribution in [0, 0.1) is 81.8 Å². The summed E-state index contributed by atoms with van der Waals surface area (Å²) in [5.74, 6) is 2.38. The monoisotopic (exact) mass is 786 g/mol. The number of allylic oxidation sites excluding steroid dienone is 2. The Balaban J connectivity index is 0.000000708. The van der Waals surface area contributed by atoms with Crippen LogP contribution in [0.5, 0.6) is 0 Å². The Morgan fingerprint density at radius 1 is 0.982 bits per heavy atom. The first-order valence-electron chi connectivity index (χ1n) is 22.6. The van der Waals surface area contributed by atoms with E-state index in [1.807, 2.05) is 45.9 Å². The molecule has 0 radical (unpaired) electrons. The molecule has 0 aliphatic heterocycles. The van der Waals surface area contributed by atoms with Crippen LogP contribution in [-0.2, 0) is 19.2 Å². The molecular weight excluding hydrogens is 711 g/mol. The third-order valence-electron chi connectivity index (χ3n) is 17.5. The molecule has 11 atom stereocenters. The second-order valence-corrected chi connectivity index (χ2v) is 21.8. The molecule has 3 N–H and O–H groups in total. The number of aliphatic carboxylic acids is 1. The van der Waals surface area contributed by atoms with E-state index in [1.54, 1.807) is 11.8 Å². The highest BCUT2D eigenvalue weighted by Crippen LogP contribution is 2.74. The van der Waals surface area contributed by atoms with Crippen LogP contribution in [0.15, 0.2) is 35.5 Å². The molecule has 1 heterocycles. The van der Waals surface area contributed by atoms with Crippen LogP contribution in [0.1, 0.15) is 145 Å². The average Bonchev–Trinajstić information content (AvgIpc) is 3.43. The van der Waals surface area contributed by atoms with Crippen molar-refractivity contribution in [2.75, 3.05) is 13.1 Å².